The highest BCUT2D eigenvalue weighted by atomic mass is 32.2. The SMILES string of the molecule is COc1cccc(/C=C2/SC(=S)N(C(C(=O)O)c3ccccc3)C2=O)c1. The fraction of sp³-hybridized carbons (Fsp3) is 0.105. The van der Waals surface area contributed by atoms with Crippen LogP contribution >= 0.6 is 24.0 Å². The average Bonchev–Trinajstić information content (AvgIpc) is 2.90. The summed E-state index contributed by atoms with van der Waals surface area (Å²) in [7, 11) is 1.57. The molecule has 0 spiro atoms. The lowest BCUT2D eigenvalue weighted by Crippen LogP contribution is -2.37. The Morgan fingerprint density at radius 1 is 1.23 bits per heavy atom. The van der Waals surface area contributed by atoms with Crippen molar-refractivity contribution >= 4 is 46.3 Å². The van der Waals surface area contributed by atoms with Crippen LogP contribution in [0.4, 0.5) is 0 Å². The van der Waals surface area contributed by atoms with Crippen LogP contribution in [0.15, 0.2) is 59.5 Å². The number of hydrogen-bond donors (Lipinski definition) is 1. The summed E-state index contributed by atoms with van der Waals surface area (Å²) in [5.74, 6) is -0.879. The van der Waals surface area contributed by atoms with E-state index in [1.54, 1.807) is 55.7 Å². The molecule has 7 heteroatoms. The highest BCUT2D eigenvalue weighted by Crippen LogP contribution is 2.38. The number of thiocarbonyl (C=S) groups is 1. The molecule has 0 bridgehead atoms. The highest BCUT2D eigenvalue weighted by molar-refractivity contribution is 8.26. The van der Waals surface area contributed by atoms with E-state index in [0.717, 1.165) is 22.2 Å². The van der Waals surface area contributed by atoms with E-state index >= 15 is 0 Å². The first kappa shape index (κ1) is 18.2. The number of nitrogens with zero attached hydrogens (tertiary/aromatic N) is 1. The molecule has 1 aliphatic rings. The standard InChI is InChI=1S/C19H15NO4S2/c1-24-14-9-5-6-12(10-14)11-15-17(21)20(19(25)26-15)16(18(22)23)13-7-3-2-4-8-13/h2-11,16H,1H3,(H,22,23)/b15-11+. The van der Waals surface area contributed by atoms with Crippen molar-refractivity contribution in [2.75, 3.05) is 7.11 Å². The minimum Gasteiger partial charge on any atom is -0.497 e. The maximum Gasteiger partial charge on any atom is 0.331 e. The lowest BCUT2D eigenvalue weighted by molar-refractivity contribution is -0.145. The van der Waals surface area contributed by atoms with Crippen LogP contribution in [-0.4, -0.2) is 33.3 Å². The zero-order valence-corrected chi connectivity index (χ0v) is 15.4. The predicted molar refractivity (Wildman–Crippen MR) is 105 cm³/mol. The van der Waals surface area contributed by atoms with Crippen LogP contribution in [-0.2, 0) is 9.59 Å². The Balaban J connectivity index is 1.95. The number of ether oxygens (including phenoxy) is 1. The van der Waals surface area contributed by atoms with Crippen molar-refractivity contribution in [2.24, 2.45) is 0 Å². The first-order chi connectivity index (χ1) is 12.5. The number of thioether (sulfide) groups is 1. The summed E-state index contributed by atoms with van der Waals surface area (Å²) in [4.78, 5) is 26.2. The van der Waals surface area contributed by atoms with E-state index < -0.39 is 17.9 Å². The number of hydrogen-bond acceptors (Lipinski definition) is 5. The molecule has 1 heterocycles. The zero-order valence-electron chi connectivity index (χ0n) is 13.8. The van der Waals surface area contributed by atoms with Crippen LogP contribution in [0.5, 0.6) is 5.75 Å². The second-order valence-corrected chi connectivity index (χ2v) is 7.16. The Hall–Kier alpha value is -2.64. The minimum absolute atomic E-state index is 0.223. The Labute approximate surface area is 160 Å². The Kier molecular flexibility index (Phi) is 5.39. The number of benzene rings is 2. The number of carbonyl (C=O) groups excluding carboxylic acids is 1. The summed E-state index contributed by atoms with van der Waals surface area (Å²) in [5.41, 5.74) is 1.27. The molecule has 1 atom stereocenters. The molecule has 5 nitrogen and oxygen atoms in total. The van der Waals surface area contributed by atoms with Crippen LogP contribution in [0.3, 0.4) is 0 Å². The zero-order chi connectivity index (χ0) is 18.7. The molecule has 2 aromatic carbocycles. The van der Waals surface area contributed by atoms with Crippen molar-refractivity contribution in [1.29, 1.82) is 0 Å². The Bertz CT molecular complexity index is 895. The molecule has 26 heavy (non-hydrogen) atoms. The summed E-state index contributed by atoms with van der Waals surface area (Å²) in [6.07, 6.45) is 1.69. The Morgan fingerprint density at radius 2 is 1.96 bits per heavy atom. The maximum absolute atomic E-state index is 12.8. The van der Waals surface area contributed by atoms with E-state index in [0.29, 0.717) is 16.2 Å². The van der Waals surface area contributed by atoms with Gasteiger partial charge in [0, 0.05) is 0 Å². The molecular weight excluding hydrogens is 370 g/mol. The molecule has 1 amide bonds. The molecule has 132 valence electrons. The average molecular weight is 385 g/mol. The van der Waals surface area contributed by atoms with Crippen molar-refractivity contribution in [3.05, 3.63) is 70.6 Å². The third-order valence-corrected chi connectivity index (χ3v) is 5.15. The van der Waals surface area contributed by atoms with Gasteiger partial charge in [0.1, 0.15) is 10.1 Å². The van der Waals surface area contributed by atoms with Crippen LogP contribution in [0, 0.1) is 0 Å². The molecule has 0 radical (unpaired) electrons. The summed E-state index contributed by atoms with van der Waals surface area (Å²) in [5, 5.41) is 9.67. The first-order valence-electron chi connectivity index (χ1n) is 7.70. The van der Waals surface area contributed by atoms with E-state index in [4.69, 9.17) is 17.0 Å². The largest absolute Gasteiger partial charge is 0.497 e. The van der Waals surface area contributed by atoms with Crippen molar-refractivity contribution in [1.82, 2.24) is 4.90 Å². The second kappa shape index (κ2) is 7.72. The van der Waals surface area contributed by atoms with Gasteiger partial charge in [0.05, 0.1) is 12.0 Å². The smallest absolute Gasteiger partial charge is 0.331 e. The van der Waals surface area contributed by atoms with E-state index in [2.05, 4.69) is 0 Å². The van der Waals surface area contributed by atoms with Gasteiger partial charge in [-0.25, -0.2) is 4.79 Å². The van der Waals surface area contributed by atoms with Crippen molar-refractivity contribution in [3.8, 4) is 5.75 Å². The third kappa shape index (κ3) is 3.63. The molecule has 1 N–H and O–H groups in total. The van der Waals surface area contributed by atoms with Crippen LogP contribution in [0.1, 0.15) is 17.2 Å². The van der Waals surface area contributed by atoms with Gasteiger partial charge in [0.2, 0.25) is 0 Å². The van der Waals surface area contributed by atoms with Gasteiger partial charge in [0.15, 0.2) is 6.04 Å². The van der Waals surface area contributed by atoms with Gasteiger partial charge >= 0.3 is 5.97 Å². The first-order valence-corrected chi connectivity index (χ1v) is 8.92. The monoisotopic (exact) mass is 385 g/mol. The Morgan fingerprint density at radius 3 is 2.62 bits per heavy atom. The second-order valence-electron chi connectivity index (χ2n) is 5.48. The van der Waals surface area contributed by atoms with E-state index in [-0.39, 0.29) is 4.32 Å². The molecule has 1 saturated heterocycles. The molecular formula is C19H15NO4S2. The van der Waals surface area contributed by atoms with Crippen LogP contribution in [0.25, 0.3) is 6.08 Å². The van der Waals surface area contributed by atoms with Gasteiger partial charge in [0.25, 0.3) is 5.91 Å². The van der Waals surface area contributed by atoms with Gasteiger partial charge in [-0.3, -0.25) is 9.69 Å². The number of rotatable bonds is 5. The third-order valence-electron chi connectivity index (χ3n) is 3.82. The van der Waals surface area contributed by atoms with E-state index in [9.17, 15) is 14.7 Å². The summed E-state index contributed by atoms with van der Waals surface area (Å²) >= 11 is 6.39. The maximum atomic E-state index is 12.8. The van der Waals surface area contributed by atoms with E-state index in [1.807, 2.05) is 12.1 Å². The molecule has 1 unspecified atom stereocenters. The predicted octanol–water partition coefficient (Wildman–Crippen LogP) is 3.72. The summed E-state index contributed by atoms with van der Waals surface area (Å²) in [6.45, 7) is 0. The number of carboxylic acids is 1. The summed E-state index contributed by atoms with van der Waals surface area (Å²) < 4.78 is 5.40. The van der Waals surface area contributed by atoms with Crippen LogP contribution in [0.2, 0.25) is 0 Å². The van der Waals surface area contributed by atoms with Crippen molar-refractivity contribution in [2.45, 2.75) is 6.04 Å². The van der Waals surface area contributed by atoms with Crippen molar-refractivity contribution in [3.63, 3.8) is 0 Å². The van der Waals surface area contributed by atoms with Crippen molar-refractivity contribution < 1.29 is 19.4 Å². The lowest BCUT2D eigenvalue weighted by atomic mass is 10.1. The normalized spacial score (nSPS) is 16.8. The van der Waals surface area contributed by atoms with E-state index in [1.165, 1.54) is 0 Å². The van der Waals surface area contributed by atoms with Gasteiger partial charge < -0.3 is 9.84 Å². The fourth-order valence-electron chi connectivity index (χ4n) is 2.62. The molecule has 0 saturated carbocycles. The molecule has 1 aliphatic heterocycles. The van der Waals surface area contributed by atoms with Gasteiger partial charge in [-0.1, -0.05) is 66.4 Å². The number of carboxylic acid groups (broad SMARTS) is 1. The molecule has 2 aromatic rings. The molecule has 3 rings (SSSR count). The van der Waals surface area contributed by atoms with Crippen LogP contribution < -0.4 is 4.74 Å². The fourth-order valence-corrected chi connectivity index (χ4v) is 3.94. The molecule has 1 fully saturated rings. The number of aliphatic carboxylic acids is 1. The quantitative estimate of drug-likeness (QED) is 0.625. The number of methoxy groups -OCH3 is 1. The topological polar surface area (TPSA) is 66.8 Å². The van der Waals surface area contributed by atoms with Gasteiger partial charge in [-0.05, 0) is 29.3 Å². The minimum atomic E-state index is -1.15. The lowest BCUT2D eigenvalue weighted by Gasteiger charge is -2.23. The number of carbonyl (C=O) groups is 2. The van der Waals surface area contributed by atoms with Gasteiger partial charge in [-0.2, -0.15) is 0 Å². The number of amides is 1. The molecule has 0 aliphatic carbocycles. The van der Waals surface area contributed by atoms with Gasteiger partial charge in [-0.15, -0.1) is 0 Å². The molecule has 0 aromatic heterocycles. The highest BCUT2D eigenvalue weighted by Gasteiger charge is 2.41. The summed E-state index contributed by atoms with van der Waals surface area (Å²) in [6, 6.07) is 14.7.